The van der Waals surface area contributed by atoms with Crippen LogP contribution >= 0.6 is 11.9 Å². The van der Waals surface area contributed by atoms with E-state index in [-0.39, 0.29) is 5.41 Å². The van der Waals surface area contributed by atoms with E-state index in [4.69, 9.17) is 5.14 Å². The Morgan fingerprint density at radius 1 is 1.45 bits per heavy atom. The van der Waals surface area contributed by atoms with Crippen LogP contribution in [0.1, 0.15) is 27.7 Å². The maximum atomic E-state index is 5.21. The first kappa shape index (κ1) is 10.7. The minimum atomic E-state index is 0.112. The summed E-state index contributed by atoms with van der Waals surface area (Å²) in [7, 11) is 0. The molecule has 0 aliphatic rings. The van der Waals surface area contributed by atoms with E-state index in [0.717, 1.165) is 17.6 Å². The van der Waals surface area contributed by atoms with Gasteiger partial charge < -0.3 is 0 Å². The third-order valence-corrected chi connectivity index (χ3v) is 1.52. The largest absolute Gasteiger partial charge is 0.273 e. The average molecular weight is 172 g/mol. The van der Waals surface area contributed by atoms with Gasteiger partial charge in [-0.05, 0) is 18.9 Å². The lowest BCUT2D eigenvalue weighted by Gasteiger charge is -2.18. The lowest BCUT2D eigenvalue weighted by molar-refractivity contribution is 0.498. The van der Waals surface area contributed by atoms with Crippen molar-refractivity contribution >= 4 is 17.5 Å². The minimum Gasteiger partial charge on any atom is -0.273 e. The van der Waals surface area contributed by atoms with E-state index >= 15 is 0 Å². The van der Waals surface area contributed by atoms with Gasteiger partial charge in [-0.1, -0.05) is 26.8 Å². The van der Waals surface area contributed by atoms with Crippen LogP contribution in [0.25, 0.3) is 0 Å². The average Bonchev–Trinajstić information content (AvgIpc) is 1.87. The summed E-state index contributed by atoms with van der Waals surface area (Å²) in [6.45, 7) is 8.36. The Bertz CT molecular complexity index is 165. The second-order valence-corrected chi connectivity index (χ2v) is 3.78. The first-order valence-corrected chi connectivity index (χ1v) is 4.51. The van der Waals surface area contributed by atoms with Crippen molar-refractivity contribution in [2.75, 3.05) is 0 Å². The molecule has 3 heteroatoms. The lowest BCUT2D eigenvalue weighted by atomic mass is 9.92. The van der Waals surface area contributed by atoms with E-state index in [2.05, 4.69) is 25.8 Å². The molecule has 0 atom stereocenters. The smallest absolute Gasteiger partial charge is 0.0750 e. The van der Waals surface area contributed by atoms with Crippen molar-refractivity contribution in [3.63, 3.8) is 0 Å². The predicted octanol–water partition coefficient (Wildman–Crippen LogP) is 2.57. The standard InChI is InChI=1S/C8H16N2S/c1-5-7(8(2,3)4)10-6-11-9/h5-6H,9H2,1-4H3/b7-5-,10-6?. The Hall–Kier alpha value is -0.280. The van der Waals surface area contributed by atoms with Crippen LogP contribution in [0.3, 0.4) is 0 Å². The highest BCUT2D eigenvalue weighted by molar-refractivity contribution is 8.10. The molecule has 0 amide bonds. The highest BCUT2D eigenvalue weighted by atomic mass is 32.2. The quantitative estimate of drug-likeness (QED) is 0.395. The molecular weight excluding hydrogens is 156 g/mol. The summed E-state index contributed by atoms with van der Waals surface area (Å²) in [6.07, 6.45) is 2.01. The zero-order valence-electron chi connectivity index (χ0n) is 7.59. The van der Waals surface area contributed by atoms with Crippen LogP contribution in [0, 0.1) is 5.41 Å². The normalized spacial score (nSPS) is 14.5. The fraction of sp³-hybridized carbons (Fsp3) is 0.625. The van der Waals surface area contributed by atoms with Gasteiger partial charge in [0.1, 0.15) is 0 Å². The number of rotatable bonds is 2. The maximum Gasteiger partial charge on any atom is 0.0750 e. The van der Waals surface area contributed by atoms with E-state index in [1.165, 1.54) is 0 Å². The Balaban J connectivity index is 4.33. The molecule has 0 radical (unpaired) electrons. The van der Waals surface area contributed by atoms with Gasteiger partial charge in [0.15, 0.2) is 0 Å². The molecule has 2 N–H and O–H groups in total. The highest BCUT2D eigenvalue weighted by Gasteiger charge is 2.14. The molecule has 2 nitrogen and oxygen atoms in total. The van der Waals surface area contributed by atoms with Gasteiger partial charge in [-0.2, -0.15) is 0 Å². The van der Waals surface area contributed by atoms with Crippen molar-refractivity contribution in [1.82, 2.24) is 0 Å². The second kappa shape index (κ2) is 4.57. The maximum absolute atomic E-state index is 5.21. The predicted molar refractivity (Wildman–Crippen MR) is 53.5 cm³/mol. The van der Waals surface area contributed by atoms with Crippen LogP contribution in [0.2, 0.25) is 0 Å². The molecule has 11 heavy (non-hydrogen) atoms. The SMILES string of the molecule is C/C=C(\N=CSN)C(C)(C)C. The van der Waals surface area contributed by atoms with E-state index in [0.29, 0.717) is 0 Å². The molecule has 0 heterocycles. The van der Waals surface area contributed by atoms with Crippen molar-refractivity contribution in [1.29, 1.82) is 0 Å². The van der Waals surface area contributed by atoms with Gasteiger partial charge in [0.05, 0.1) is 5.55 Å². The summed E-state index contributed by atoms with van der Waals surface area (Å²) in [5.41, 5.74) is 2.83. The molecular formula is C8H16N2S. The van der Waals surface area contributed by atoms with E-state index in [9.17, 15) is 0 Å². The Morgan fingerprint density at radius 2 is 2.00 bits per heavy atom. The number of hydrogen-bond acceptors (Lipinski definition) is 3. The molecule has 0 aliphatic heterocycles. The highest BCUT2D eigenvalue weighted by Crippen LogP contribution is 2.25. The summed E-state index contributed by atoms with van der Waals surface area (Å²) < 4.78 is 0. The molecule has 0 aliphatic carbocycles. The lowest BCUT2D eigenvalue weighted by Crippen LogP contribution is -2.07. The van der Waals surface area contributed by atoms with Crippen LogP contribution in [-0.2, 0) is 0 Å². The summed E-state index contributed by atoms with van der Waals surface area (Å²) in [4.78, 5) is 4.21. The first-order valence-electron chi connectivity index (χ1n) is 3.57. The Morgan fingerprint density at radius 3 is 2.27 bits per heavy atom. The first-order chi connectivity index (χ1) is 5.02. The van der Waals surface area contributed by atoms with Crippen LogP contribution in [0.5, 0.6) is 0 Å². The summed E-state index contributed by atoms with van der Waals surface area (Å²) >= 11 is 1.13. The van der Waals surface area contributed by atoms with Gasteiger partial charge >= 0.3 is 0 Å². The Labute approximate surface area is 73.1 Å². The molecule has 0 rings (SSSR count). The molecule has 0 aromatic rings. The van der Waals surface area contributed by atoms with E-state index in [1.807, 2.05) is 13.0 Å². The fourth-order valence-electron chi connectivity index (χ4n) is 0.788. The number of nitrogens with zero attached hydrogens (tertiary/aromatic N) is 1. The monoisotopic (exact) mass is 172 g/mol. The molecule has 0 aromatic heterocycles. The molecule has 0 bridgehead atoms. The zero-order valence-corrected chi connectivity index (χ0v) is 8.40. The summed E-state index contributed by atoms with van der Waals surface area (Å²) in [5.74, 6) is 0. The van der Waals surface area contributed by atoms with E-state index < -0.39 is 0 Å². The number of nitrogens with two attached hydrogens (primary N) is 1. The molecule has 0 spiro atoms. The van der Waals surface area contributed by atoms with Crippen LogP contribution in [-0.4, -0.2) is 5.55 Å². The summed E-state index contributed by atoms with van der Waals surface area (Å²) in [6, 6.07) is 0. The molecule has 0 saturated heterocycles. The number of aliphatic imine (C=N–C) groups is 1. The van der Waals surface area contributed by atoms with Crippen LogP contribution in [0.4, 0.5) is 0 Å². The molecule has 0 fully saturated rings. The third kappa shape index (κ3) is 4.22. The van der Waals surface area contributed by atoms with Crippen molar-refractivity contribution in [3.8, 4) is 0 Å². The molecule has 64 valence electrons. The van der Waals surface area contributed by atoms with Gasteiger partial charge in [-0.15, -0.1) is 0 Å². The zero-order chi connectivity index (χ0) is 8.91. The fourth-order valence-corrected chi connectivity index (χ4v) is 0.963. The van der Waals surface area contributed by atoms with Crippen molar-refractivity contribution in [3.05, 3.63) is 11.8 Å². The summed E-state index contributed by atoms with van der Waals surface area (Å²) in [5, 5.41) is 5.21. The van der Waals surface area contributed by atoms with Gasteiger partial charge in [0.2, 0.25) is 0 Å². The van der Waals surface area contributed by atoms with Crippen molar-refractivity contribution in [2.24, 2.45) is 15.5 Å². The third-order valence-electron chi connectivity index (χ3n) is 1.29. The topological polar surface area (TPSA) is 38.4 Å². The van der Waals surface area contributed by atoms with E-state index in [1.54, 1.807) is 5.55 Å². The van der Waals surface area contributed by atoms with Crippen LogP contribution in [0.15, 0.2) is 16.8 Å². The van der Waals surface area contributed by atoms with Gasteiger partial charge in [0, 0.05) is 11.1 Å². The van der Waals surface area contributed by atoms with Crippen molar-refractivity contribution in [2.45, 2.75) is 27.7 Å². The molecule has 0 saturated carbocycles. The van der Waals surface area contributed by atoms with Gasteiger partial charge in [-0.3, -0.25) is 10.1 Å². The van der Waals surface area contributed by atoms with Gasteiger partial charge in [-0.25, -0.2) is 0 Å². The van der Waals surface area contributed by atoms with Crippen LogP contribution < -0.4 is 5.14 Å². The molecule has 0 unspecified atom stereocenters. The van der Waals surface area contributed by atoms with Gasteiger partial charge in [0.25, 0.3) is 0 Å². The second-order valence-electron chi connectivity index (χ2n) is 3.29. The minimum absolute atomic E-state index is 0.112. The molecule has 0 aromatic carbocycles. The van der Waals surface area contributed by atoms with Crippen molar-refractivity contribution < 1.29 is 0 Å². The number of hydrogen-bond donors (Lipinski definition) is 1. The number of allylic oxidation sites excluding steroid dienone is 2. The Kier molecular flexibility index (Phi) is 4.45.